The number of carboxylic acid groups (broad SMARTS) is 1. The van der Waals surface area contributed by atoms with Gasteiger partial charge in [-0.3, -0.25) is 0 Å². The van der Waals surface area contributed by atoms with E-state index in [1.165, 1.54) is 4.90 Å². The molecule has 1 saturated heterocycles. The van der Waals surface area contributed by atoms with Crippen LogP contribution < -0.4 is 9.88 Å². The second kappa shape index (κ2) is 7.66. The van der Waals surface area contributed by atoms with Crippen molar-refractivity contribution < 1.29 is 31.8 Å². The van der Waals surface area contributed by atoms with Crippen molar-refractivity contribution in [1.29, 1.82) is 0 Å². The van der Waals surface area contributed by atoms with Crippen molar-refractivity contribution in [3.8, 4) is 11.6 Å². The Balaban J connectivity index is 1.66. The molecule has 3 N–H and O–H groups in total. The van der Waals surface area contributed by atoms with E-state index in [0.29, 0.717) is 38.1 Å². The van der Waals surface area contributed by atoms with Crippen LogP contribution in [-0.2, 0) is 10.0 Å². The SMILES string of the molecule is NS(=O)(=O)c1cc(F)c(-n2nnc3c(OC4CCN(C(=O)O)CC4)ncnc32)cc1F. The van der Waals surface area contributed by atoms with Crippen LogP contribution in [0.5, 0.6) is 5.88 Å². The summed E-state index contributed by atoms with van der Waals surface area (Å²) in [5.41, 5.74) is -0.375. The zero-order valence-electron chi connectivity index (χ0n) is 15.6. The molecule has 15 heteroatoms. The van der Waals surface area contributed by atoms with Gasteiger partial charge in [-0.05, 0) is 6.07 Å². The van der Waals surface area contributed by atoms with Gasteiger partial charge in [-0.25, -0.2) is 32.1 Å². The lowest BCUT2D eigenvalue weighted by molar-refractivity contribution is 0.0878. The molecule has 0 saturated carbocycles. The lowest BCUT2D eigenvalue weighted by Gasteiger charge is -2.29. The van der Waals surface area contributed by atoms with Crippen LogP contribution in [0.25, 0.3) is 16.9 Å². The third-order valence-electron chi connectivity index (χ3n) is 4.73. The Bertz CT molecular complexity index is 1270. The standard InChI is InChI=1S/C16H15F2N7O5S/c17-9-6-12(31(19,28)29)10(18)5-11(9)25-14-13(22-23-25)15(21-7-20-14)30-8-1-3-24(4-2-8)16(26)27/h5-8H,1-4H2,(H,26,27)(H2,19,28,29). The first-order valence-corrected chi connectivity index (χ1v) is 10.4. The smallest absolute Gasteiger partial charge is 0.407 e. The van der Waals surface area contributed by atoms with Crippen LogP contribution >= 0.6 is 0 Å². The first kappa shape index (κ1) is 20.8. The summed E-state index contributed by atoms with van der Waals surface area (Å²) in [4.78, 5) is 19.3. The van der Waals surface area contributed by atoms with Gasteiger partial charge in [0, 0.05) is 32.0 Å². The van der Waals surface area contributed by atoms with Crippen LogP contribution in [0.1, 0.15) is 12.8 Å². The molecule has 164 valence electrons. The van der Waals surface area contributed by atoms with Crippen molar-refractivity contribution in [3.05, 3.63) is 30.1 Å². The highest BCUT2D eigenvalue weighted by Gasteiger charge is 2.26. The highest BCUT2D eigenvalue weighted by Crippen LogP contribution is 2.27. The summed E-state index contributed by atoms with van der Waals surface area (Å²) >= 11 is 0. The molecule has 3 aromatic rings. The quantitative estimate of drug-likeness (QED) is 0.574. The molecule has 2 aromatic heterocycles. The van der Waals surface area contributed by atoms with Crippen molar-refractivity contribution in [2.45, 2.75) is 23.8 Å². The van der Waals surface area contributed by atoms with Crippen LogP contribution in [0.2, 0.25) is 0 Å². The van der Waals surface area contributed by atoms with E-state index in [9.17, 15) is 22.0 Å². The molecule has 0 unspecified atom stereocenters. The average Bonchev–Trinajstić information content (AvgIpc) is 3.14. The normalized spacial score (nSPS) is 15.4. The van der Waals surface area contributed by atoms with E-state index in [4.69, 9.17) is 15.0 Å². The van der Waals surface area contributed by atoms with Gasteiger partial charge in [-0.1, -0.05) is 5.21 Å². The summed E-state index contributed by atoms with van der Waals surface area (Å²) in [6.07, 6.45) is 0.647. The summed E-state index contributed by atoms with van der Waals surface area (Å²) in [6.45, 7) is 0.587. The molecule has 0 aliphatic carbocycles. The molecule has 1 aliphatic heterocycles. The molecular weight excluding hydrogens is 440 g/mol. The molecule has 0 atom stereocenters. The summed E-state index contributed by atoms with van der Waals surface area (Å²) in [5, 5.41) is 21.5. The molecule has 3 heterocycles. The lowest BCUT2D eigenvalue weighted by Crippen LogP contribution is -2.41. The highest BCUT2D eigenvalue weighted by atomic mass is 32.2. The van der Waals surface area contributed by atoms with E-state index in [1.807, 2.05) is 0 Å². The van der Waals surface area contributed by atoms with Gasteiger partial charge in [-0.2, -0.15) is 9.67 Å². The summed E-state index contributed by atoms with van der Waals surface area (Å²) in [7, 11) is -4.46. The number of sulfonamides is 1. The Morgan fingerprint density at radius 3 is 2.55 bits per heavy atom. The van der Waals surface area contributed by atoms with E-state index >= 15 is 0 Å². The molecule has 12 nitrogen and oxygen atoms in total. The minimum Gasteiger partial charge on any atom is -0.472 e. The van der Waals surface area contributed by atoms with Crippen molar-refractivity contribution in [2.75, 3.05) is 13.1 Å². The number of nitrogens with two attached hydrogens (primary N) is 1. The zero-order chi connectivity index (χ0) is 22.3. The predicted octanol–water partition coefficient (Wildman–Crippen LogP) is 0.657. The molecule has 0 radical (unpaired) electrons. The maximum absolute atomic E-state index is 14.5. The predicted molar refractivity (Wildman–Crippen MR) is 99.0 cm³/mol. The topological polar surface area (TPSA) is 166 Å². The van der Waals surface area contributed by atoms with Gasteiger partial charge in [-0.15, -0.1) is 5.10 Å². The number of ether oxygens (including phenoxy) is 1. The Labute approximate surface area is 173 Å². The number of hydrogen-bond donors (Lipinski definition) is 2. The van der Waals surface area contributed by atoms with Gasteiger partial charge >= 0.3 is 6.09 Å². The van der Waals surface area contributed by atoms with Crippen LogP contribution in [0.4, 0.5) is 13.6 Å². The Morgan fingerprint density at radius 1 is 1.19 bits per heavy atom. The monoisotopic (exact) mass is 455 g/mol. The Morgan fingerprint density at radius 2 is 1.90 bits per heavy atom. The minimum absolute atomic E-state index is 0.00497. The molecule has 31 heavy (non-hydrogen) atoms. The maximum Gasteiger partial charge on any atom is 0.407 e. The van der Waals surface area contributed by atoms with Crippen LogP contribution in [0, 0.1) is 11.6 Å². The van der Waals surface area contributed by atoms with Crippen molar-refractivity contribution in [1.82, 2.24) is 29.9 Å². The first-order valence-electron chi connectivity index (χ1n) is 8.88. The Kier molecular flexibility index (Phi) is 5.14. The molecule has 4 rings (SSSR count). The second-order valence-electron chi connectivity index (χ2n) is 6.72. The molecule has 1 aliphatic rings. The summed E-state index contributed by atoms with van der Waals surface area (Å²) < 4.78 is 58.2. The average molecular weight is 455 g/mol. The first-order chi connectivity index (χ1) is 14.6. The van der Waals surface area contributed by atoms with Gasteiger partial charge < -0.3 is 14.7 Å². The largest absolute Gasteiger partial charge is 0.472 e. The number of halogens is 2. The van der Waals surface area contributed by atoms with Crippen molar-refractivity contribution in [3.63, 3.8) is 0 Å². The van der Waals surface area contributed by atoms with Crippen LogP contribution in [0.15, 0.2) is 23.4 Å². The van der Waals surface area contributed by atoms with Gasteiger partial charge in [0.05, 0.1) is 0 Å². The molecule has 1 aromatic carbocycles. The zero-order valence-corrected chi connectivity index (χ0v) is 16.5. The Hall–Kier alpha value is -3.46. The number of nitrogens with zero attached hydrogens (tertiary/aromatic N) is 6. The number of piperidine rings is 1. The number of rotatable bonds is 4. The fourth-order valence-electron chi connectivity index (χ4n) is 3.20. The third kappa shape index (κ3) is 3.96. The van der Waals surface area contributed by atoms with Crippen LogP contribution in [-0.4, -0.2) is 68.7 Å². The summed E-state index contributed by atoms with van der Waals surface area (Å²) in [6, 6.07) is 1.07. The second-order valence-corrected chi connectivity index (χ2v) is 8.25. The molecule has 1 fully saturated rings. The van der Waals surface area contributed by atoms with E-state index in [2.05, 4.69) is 20.3 Å². The number of benzene rings is 1. The number of primary sulfonamides is 1. The number of carbonyl (C=O) groups is 1. The van der Waals surface area contributed by atoms with E-state index < -0.39 is 38.3 Å². The fourth-order valence-corrected chi connectivity index (χ4v) is 3.80. The number of aromatic nitrogens is 5. The van der Waals surface area contributed by atoms with Crippen LogP contribution in [0.3, 0.4) is 0 Å². The van der Waals surface area contributed by atoms with Gasteiger partial charge in [0.15, 0.2) is 17.0 Å². The summed E-state index contributed by atoms with van der Waals surface area (Å²) in [5.74, 6) is -2.33. The molecular formula is C16H15F2N7O5S. The van der Waals surface area contributed by atoms with Gasteiger partial charge in [0.1, 0.15) is 28.8 Å². The van der Waals surface area contributed by atoms with Crippen molar-refractivity contribution >= 4 is 27.3 Å². The van der Waals surface area contributed by atoms with Gasteiger partial charge in [0.25, 0.3) is 0 Å². The molecule has 0 spiro atoms. The highest BCUT2D eigenvalue weighted by molar-refractivity contribution is 7.89. The van der Waals surface area contributed by atoms with E-state index in [-0.39, 0.29) is 23.1 Å². The fraction of sp³-hybridized carbons (Fsp3) is 0.312. The molecule has 1 amide bonds. The lowest BCUT2D eigenvalue weighted by atomic mass is 10.1. The maximum atomic E-state index is 14.5. The minimum atomic E-state index is -4.46. The van der Waals surface area contributed by atoms with Gasteiger partial charge in [0.2, 0.25) is 15.9 Å². The number of likely N-dealkylation sites (tertiary alicyclic amines) is 1. The number of amides is 1. The molecule has 0 bridgehead atoms. The van der Waals surface area contributed by atoms with E-state index in [1.54, 1.807) is 0 Å². The van der Waals surface area contributed by atoms with Crippen molar-refractivity contribution in [2.24, 2.45) is 5.14 Å². The number of fused-ring (bicyclic) bond motifs is 1. The third-order valence-corrected chi connectivity index (χ3v) is 5.66. The van der Waals surface area contributed by atoms with E-state index in [0.717, 1.165) is 11.0 Å². The number of hydrogen-bond acceptors (Lipinski definition) is 8.